The number of aromatic amines is 1. The number of nitrogens with zero attached hydrogens (tertiary/aromatic N) is 1. The van der Waals surface area contributed by atoms with Crippen molar-refractivity contribution in [1.82, 2.24) is 9.55 Å². The number of hydrogen-bond acceptors (Lipinski definition) is 3. The standard InChI is InChI=1S/C16H13BrClN3O3S/c1-10-9-19-16(22)21(10)14-5-3-2-4-13(14)20-25(23,24)15-7-6-11(17)8-12(15)18/h2-9,20H,1H3,(H,19,22). The summed E-state index contributed by atoms with van der Waals surface area (Å²) < 4.78 is 30.0. The number of aryl methyl sites for hydroxylation is 1. The average molecular weight is 443 g/mol. The van der Waals surface area contributed by atoms with Crippen LogP contribution in [0.25, 0.3) is 5.69 Å². The van der Waals surface area contributed by atoms with Crippen LogP contribution in [0, 0.1) is 6.92 Å². The Labute approximate surface area is 157 Å². The summed E-state index contributed by atoms with van der Waals surface area (Å²) in [5.41, 5.74) is 0.985. The summed E-state index contributed by atoms with van der Waals surface area (Å²) in [5, 5.41) is 0.0920. The molecule has 0 saturated heterocycles. The van der Waals surface area contributed by atoms with Crippen molar-refractivity contribution in [3.63, 3.8) is 0 Å². The second-order valence-electron chi connectivity index (χ2n) is 5.27. The van der Waals surface area contributed by atoms with E-state index in [1.807, 2.05) is 0 Å². The zero-order valence-electron chi connectivity index (χ0n) is 13.0. The molecule has 0 aliphatic carbocycles. The van der Waals surface area contributed by atoms with Gasteiger partial charge in [-0.05, 0) is 37.3 Å². The minimum Gasteiger partial charge on any atom is -0.312 e. The second kappa shape index (κ2) is 6.70. The van der Waals surface area contributed by atoms with Crippen molar-refractivity contribution in [3.8, 4) is 5.69 Å². The third kappa shape index (κ3) is 3.51. The van der Waals surface area contributed by atoms with E-state index < -0.39 is 10.0 Å². The van der Waals surface area contributed by atoms with E-state index in [1.165, 1.54) is 16.7 Å². The summed E-state index contributed by atoms with van der Waals surface area (Å²) in [6, 6.07) is 11.1. The Morgan fingerprint density at radius 3 is 2.56 bits per heavy atom. The highest BCUT2D eigenvalue weighted by molar-refractivity contribution is 9.10. The topological polar surface area (TPSA) is 84.0 Å². The molecule has 3 aromatic rings. The van der Waals surface area contributed by atoms with Gasteiger partial charge in [0.25, 0.3) is 10.0 Å². The molecule has 130 valence electrons. The second-order valence-corrected chi connectivity index (χ2v) is 8.24. The number of hydrogen-bond donors (Lipinski definition) is 2. The van der Waals surface area contributed by atoms with E-state index in [-0.39, 0.29) is 21.3 Å². The first kappa shape index (κ1) is 17.8. The van der Waals surface area contributed by atoms with Gasteiger partial charge in [0.15, 0.2) is 0 Å². The molecule has 25 heavy (non-hydrogen) atoms. The highest BCUT2D eigenvalue weighted by Crippen LogP contribution is 2.28. The maximum Gasteiger partial charge on any atom is 0.330 e. The zero-order valence-corrected chi connectivity index (χ0v) is 16.1. The van der Waals surface area contributed by atoms with Crippen LogP contribution in [0.4, 0.5) is 5.69 Å². The molecule has 2 aromatic carbocycles. The Morgan fingerprint density at radius 2 is 1.92 bits per heavy atom. The normalized spacial score (nSPS) is 11.5. The number of aromatic nitrogens is 2. The molecule has 0 saturated carbocycles. The highest BCUT2D eigenvalue weighted by atomic mass is 79.9. The van der Waals surface area contributed by atoms with Crippen LogP contribution in [-0.2, 0) is 10.0 Å². The molecule has 0 bridgehead atoms. The zero-order chi connectivity index (χ0) is 18.2. The van der Waals surface area contributed by atoms with Gasteiger partial charge in [-0.1, -0.05) is 39.7 Å². The lowest BCUT2D eigenvalue weighted by Gasteiger charge is -2.14. The molecule has 0 aliphatic rings. The number of nitrogens with one attached hydrogen (secondary N) is 2. The Bertz CT molecular complexity index is 1110. The lowest BCUT2D eigenvalue weighted by Crippen LogP contribution is -2.20. The third-order valence-electron chi connectivity index (χ3n) is 3.53. The molecule has 0 aliphatic heterocycles. The van der Waals surface area contributed by atoms with Crippen LogP contribution < -0.4 is 10.4 Å². The quantitative estimate of drug-likeness (QED) is 0.646. The van der Waals surface area contributed by atoms with E-state index >= 15 is 0 Å². The fourth-order valence-corrected chi connectivity index (χ4v) is 4.52. The van der Waals surface area contributed by atoms with Crippen LogP contribution in [0.2, 0.25) is 5.02 Å². The number of H-pyrrole nitrogens is 1. The summed E-state index contributed by atoms with van der Waals surface area (Å²) in [6.45, 7) is 1.74. The van der Waals surface area contributed by atoms with Gasteiger partial charge < -0.3 is 4.98 Å². The Kier molecular flexibility index (Phi) is 4.77. The van der Waals surface area contributed by atoms with Crippen LogP contribution in [0.1, 0.15) is 5.69 Å². The van der Waals surface area contributed by atoms with Gasteiger partial charge in [0.1, 0.15) is 4.90 Å². The lowest BCUT2D eigenvalue weighted by molar-refractivity contribution is 0.601. The van der Waals surface area contributed by atoms with Crippen LogP contribution in [0.15, 0.2) is 62.8 Å². The number of rotatable bonds is 4. The summed E-state index contributed by atoms with van der Waals surface area (Å²) in [4.78, 5) is 14.5. The molecule has 0 amide bonds. The van der Waals surface area contributed by atoms with Crippen LogP contribution in [0.5, 0.6) is 0 Å². The van der Waals surface area contributed by atoms with Crippen molar-refractivity contribution in [1.29, 1.82) is 0 Å². The van der Waals surface area contributed by atoms with E-state index in [9.17, 15) is 13.2 Å². The molecule has 0 spiro atoms. The Balaban J connectivity index is 2.09. The number of imidazole rings is 1. The van der Waals surface area contributed by atoms with Crippen LogP contribution in [0.3, 0.4) is 0 Å². The maximum absolute atomic E-state index is 12.7. The predicted molar refractivity (Wildman–Crippen MR) is 101 cm³/mol. The monoisotopic (exact) mass is 441 g/mol. The fraction of sp³-hybridized carbons (Fsp3) is 0.0625. The van der Waals surface area contributed by atoms with Crippen molar-refractivity contribution < 1.29 is 8.42 Å². The van der Waals surface area contributed by atoms with Crippen LogP contribution >= 0.6 is 27.5 Å². The smallest absolute Gasteiger partial charge is 0.312 e. The van der Waals surface area contributed by atoms with Crippen molar-refractivity contribution >= 4 is 43.2 Å². The molecule has 2 N–H and O–H groups in total. The predicted octanol–water partition coefficient (Wildman–Crippen LogP) is 3.69. The van der Waals surface area contributed by atoms with Gasteiger partial charge >= 0.3 is 5.69 Å². The number of para-hydroxylation sites is 2. The maximum atomic E-state index is 12.7. The number of sulfonamides is 1. The van der Waals surface area contributed by atoms with Gasteiger partial charge in [-0.3, -0.25) is 9.29 Å². The van der Waals surface area contributed by atoms with E-state index in [2.05, 4.69) is 25.6 Å². The van der Waals surface area contributed by atoms with Crippen molar-refractivity contribution in [2.75, 3.05) is 4.72 Å². The molecule has 0 radical (unpaired) electrons. The summed E-state index contributed by atoms with van der Waals surface area (Å²) in [5.74, 6) is 0. The molecular weight excluding hydrogens is 430 g/mol. The van der Waals surface area contributed by atoms with Crippen molar-refractivity contribution in [3.05, 3.63) is 74.3 Å². The van der Waals surface area contributed by atoms with Gasteiger partial charge in [0.2, 0.25) is 0 Å². The van der Waals surface area contributed by atoms with E-state index in [0.29, 0.717) is 15.9 Å². The van der Waals surface area contributed by atoms with E-state index in [4.69, 9.17) is 11.6 Å². The minimum absolute atomic E-state index is 0.0506. The molecule has 0 atom stereocenters. The molecule has 0 fully saturated rings. The average Bonchev–Trinajstić information content (AvgIpc) is 2.86. The first-order chi connectivity index (χ1) is 11.8. The SMILES string of the molecule is Cc1c[nH]c(=O)n1-c1ccccc1NS(=O)(=O)c1ccc(Br)cc1Cl. The number of anilines is 1. The summed E-state index contributed by atoms with van der Waals surface area (Å²) in [7, 11) is -3.93. The fourth-order valence-electron chi connectivity index (χ4n) is 2.40. The molecule has 3 rings (SSSR count). The van der Waals surface area contributed by atoms with Crippen molar-refractivity contribution in [2.45, 2.75) is 11.8 Å². The van der Waals surface area contributed by atoms with E-state index in [1.54, 1.807) is 43.5 Å². The van der Waals surface area contributed by atoms with Gasteiger partial charge in [-0.15, -0.1) is 0 Å². The van der Waals surface area contributed by atoms with Gasteiger partial charge in [0, 0.05) is 16.4 Å². The van der Waals surface area contributed by atoms with Gasteiger partial charge in [-0.25, -0.2) is 13.2 Å². The Morgan fingerprint density at radius 1 is 1.20 bits per heavy atom. The largest absolute Gasteiger partial charge is 0.330 e. The number of halogens is 2. The third-order valence-corrected chi connectivity index (χ3v) is 5.87. The molecule has 6 nitrogen and oxygen atoms in total. The molecule has 1 heterocycles. The summed E-state index contributed by atoms with van der Waals surface area (Å²) >= 11 is 9.30. The first-order valence-corrected chi connectivity index (χ1v) is 9.79. The summed E-state index contributed by atoms with van der Waals surface area (Å²) in [6.07, 6.45) is 1.55. The molecule has 9 heteroatoms. The molecule has 1 aromatic heterocycles. The van der Waals surface area contributed by atoms with Crippen molar-refractivity contribution in [2.24, 2.45) is 0 Å². The molecular formula is C16H13BrClN3O3S. The van der Waals surface area contributed by atoms with E-state index in [0.717, 1.165) is 0 Å². The van der Waals surface area contributed by atoms with Crippen LogP contribution in [-0.4, -0.2) is 18.0 Å². The molecule has 0 unspecified atom stereocenters. The first-order valence-electron chi connectivity index (χ1n) is 7.14. The van der Waals surface area contributed by atoms with Gasteiger partial charge in [-0.2, -0.15) is 0 Å². The Hall–Kier alpha value is -2.03. The minimum atomic E-state index is -3.93. The number of benzene rings is 2. The highest BCUT2D eigenvalue weighted by Gasteiger charge is 2.20. The lowest BCUT2D eigenvalue weighted by atomic mass is 10.2. The van der Waals surface area contributed by atoms with Gasteiger partial charge in [0.05, 0.1) is 16.4 Å².